The Hall–Kier alpha value is -1.92. The number of nitrogens with zero attached hydrogens (tertiary/aromatic N) is 3. The average Bonchev–Trinajstić information content (AvgIpc) is 2.90. The number of aryl methyl sites for hydroxylation is 2. The Balaban J connectivity index is 1.75. The summed E-state index contributed by atoms with van der Waals surface area (Å²) in [4.78, 5) is 25.6. The van der Waals surface area contributed by atoms with Crippen molar-refractivity contribution in [3.05, 3.63) is 52.7 Å². The van der Waals surface area contributed by atoms with Gasteiger partial charge in [-0.15, -0.1) is 11.3 Å². The lowest BCUT2D eigenvalue weighted by atomic mass is 10.2. The van der Waals surface area contributed by atoms with Gasteiger partial charge in [-0.05, 0) is 31.9 Å². The number of benzene rings is 1. The number of amides is 1. The lowest BCUT2D eigenvalue weighted by molar-refractivity contribution is -0.129. The first-order valence-corrected chi connectivity index (χ1v) is 9.83. The monoisotopic (exact) mass is 371 g/mol. The first-order chi connectivity index (χ1) is 12.0. The van der Waals surface area contributed by atoms with Gasteiger partial charge in [-0.3, -0.25) is 4.79 Å². The highest BCUT2D eigenvalue weighted by molar-refractivity contribution is 8.00. The van der Waals surface area contributed by atoms with Crippen molar-refractivity contribution in [3.8, 4) is 0 Å². The van der Waals surface area contributed by atoms with E-state index in [0.29, 0.717) is 6.54 Å². The normalized spacial score (nSPS) is 12.3. The number of carbonyl (C=O) groups is 1. The van der Waals surface area contributed by atoms with Gasteiger partial charge in [0.25, 0.3) is 0 Å². The number of thiophene rings is 1. The summed E-state index contributed by atoms with van der Waals surface area (Å²) in [6, 6.07) is 10.0. The van der Waals surface area contributed by atoms with Crippen LogP contribution in [0.5, 0.6) is 0 Å². The molecule has 6 heteroatoms. The number of rotatable bonds is 5. The number of carbonyl (C=O) groups excluding carboxylic acids is 1. The van der Waals surface area contributed by atoms with Crippen molar-refractivity contribution < 1.29 is 4.79 Å². The van der Waals surface area contributed by atoms with Crippen LogP contribution in [-0.2, 0) is 11.3 Å². The summed E-state index contributed by atoms with van der Waals surface area (Å²) < 4.78 is 0. The fourth-order valence-electron chi connectivity index (χ4n) is 2.70. The predicted molar refractivity (Wildman–Crippen MR) is 105 cm³/mol. The number of aromatic nitrogens is 2. The molecule has 0 aliphatic heterocycles. The molecule has 1 atom stereocenters. The molecule has 130 valence electrons. The van der Waals surface area contributed by atoms with E-state index in [4.69, 9.17) is 0 Å². The second-order valence-corrected chi connectivity index (χ2v) is 8.61. The van der Waals surface area contributed by atoms with Gasteiger partial charge in [0.15, 0.2) is 0 Å². The van der Waals surface area contributed by atoms with E-state index in [0.717, 1.165) is 20.8 Å². The molecule has 25 heavy (non-hydrogen) atoms. The molecule has 0 fully saturated rings. The van der Waals surface area contributed by atoms with Gasteiger partial charge >= 0.3 is 0 Å². The van der Waals surface area contributed by atoms with Gasteiger partial charge in [0, 0.05) is 23.9 Å². The molecule has 0 saturated carbocycles. The molecule has 0 aliphatic rings. The van der Waals surface area contributed by atoms with E-state index in [9.17, 15) is 4.79 Å². The van der Waals surface area contributed by atoms with Crippen LogP contribution >= 0.6 is 23.1 Å². The summed E-state index contributed by atoms with van der Waals surface area (Å²) in [6.45, 7) is 6.74. The first-order valence-electron chi connectivity index (χ1n) is 8.13. The van der Waals surface area contributed by atoms with E-state index in [2.05, 4.69) is 23.8 Å². The lowest BCUT2D eigenvalue weighted by Crippen LogP contribution is -2.32. The van der Waals surface area contributed by atoms with Gasteiger partial charge in [-0.25, -0.2) is 9.97 Å². The van der Waals surface area contributed by atoms with Crippen LogP contribution in [0.15, 0.2) is 41.7 Å². The Morgan fingerprint density at radius 1 is 1.24 bits per heavy atom. The highest BCUT2D eigenvalue weighted by Gasteiger charge is 2.22. The number of hydrogen-bond donors (Lipinski definition) is 0. The van der Waals surface area contributed by atoms with Crippen molar-refractivity contribution in [3.63, 3.8) is 0 Å². The fraction of sp³-hybridized carbons (Fsp3) is 0.316. The first kappa shape index (κ1) is 17.9. The maximum atomic E-state index is 12.7. The smallest absolute Gasteiger partial charge is 0.235 e. The Morgan fingerprint density at radius 3 is 2.68 bits per heavy atom. The molecule has 0 spiro atoms. The zero-order valence-corrected chi connectivity index (χ0v) is 16.4. The van der Waals surface area contributed by atoms with Gasteiger partial charge in [0.05, 0.1) is 5.25 Å². The summed E-state index contributed by atoms with van der Waals surface area (Å²) >= 11 is 3.19. The van der Waals surface area contributed by atoms with Crippen LogP contribution in [0.4, 0.5) is 0 Å². The molecule has 2 heterocycles. The molecule has 3 aromatic rings. The molecule has 0 bridgehead atoms. The topological polar surface area (TPSA) is 46.1 Å². The predicted octanol–water partition coefficient (Wildman–Crippen LogP) is 4.45. The highest BCUT2D eigenvalue weighted by atomic mass is 32.2. The Kier molecular flexibility index (Phi) is 5.39. The van der Waals surface area contributed by atoms with Crippen molar-refractivity contribution in [2.24, 2.45) is 0 Å². The third-order valence-electron chi connectivity index (χ3n) is 4.21. The summed E-state index contributed by atoms with van der Waals surface area (Å²) in [5.41, 5.74) is 2.34. The molecule has 0 radical (unpaired) electrons. The maximum Gasteiger partial charge on any atom is 0.235 e. The zero-order valence-electron chi connectivity index (χ0n) is 14.8. The van der Waals surface area contributed by atoms with Crippen LogP contribution in [0.3, 0.4) is 0 Å². The molecule has 1 amide bonds. The van der Waals surface area contributed by atoms with E-state index < -0.39 is 0 Å². The van der Waals surface area contributed by atoms with Crippen molar-refractivity contribution in [1.29, 1.82) is 0 Å². The zero-order chi connectivity index (χ0) is 18.0. The van der Waals surface area contributed by atoms with Crippen LogP contribution in [0.25, 0.3) is 10.2 Å². The van der Waals surface area contributed by atoms with Crippen LogP contribution in [0.2, 0.25) is 0 Å². The maximum absolute atomic E-state index is 12.7. The second kappa shape index (κ2) is 7.54. The van der Waals surface area contributed by atoms with E-state index >= 15 is 0 Å². The van der Waals surface area contributed by atoms with Crippen molar-refractivity contribution in [1.82, 2.24) is 14.9 Å². The molecule has 0 saturated heterocycles. The van der Waals surface area contributed by atoms with Gasteiger partial charge in [-0.1, -0.05) is 42.1 Å². The van der Waals surface area contributed by atoms with Gasteiger partial charge in [-0.2, -0.15) is 0 Å². The second-order valence-electron chi connectivity index (χ2n) is 6.08. The number of fused-ring (bicyclic) bond motifs is 1. The SMILES string of the molecule is Cc1sc2ncnc(S[C@H](C)C(=O)N(C)Cc3ccccc3)c2c1C. The van der Waals surface area contributed by atoms with Crippen molar-refractivity contribution >= 4 is 39.2 Å². The van der Waals surface area contributed by atoms with E-state index in [1.165, 1.54) is 22.2 Å². The summed E-state index contributed by atoms with van der Waals surface area (Å²) in [7, 11) is 1.85. The standard InChI is InChI=1S/C19H21N3OS2/c1-12-13(2)24-17-16(12)18(21-11-20-17)25-14(3)19(23)22(4)10-15-8-6-5-7-9-15/h5-9,11,14H,10H2,1-4H3/t14-/m1/s1. The van der Waals surface area contributed by atoms with Gasteiger partial charge < -0.3 is 4.90 Å². The molecule has 0 aliphatic carbocycles. The lowest BCUT2D eigenvalue weighted by Gasteiger charge is -2.21. The van der Waals surface area contributed by atoms with Crippen LogP contribution in [0.1, 0.15) is 22.9 Å². The van der Waals surface area contributed by atoms with E-state index in [1.807, 2.05) is 44.3 Å². The number of hydrogen-bond acceptors (Lipinski definition) is 5. The summed E-state index contributed by atoms with van der Waals surface area (Å²) in [6.07, 6.45) is 1.59. The minimum atomic E-state index is -0.202. The Labute approximate surface area is 156 Å². The summed E-state index contributed by atoms with van der Waals surface area (Å²) in [5, 5.41) is 1.77. The average molecular weight is 372 g/mol. The fourth-order valence-corrected chi connectivity index (χ4v) is 4.86. The molecule has 0 N–H and O–H groups in total. The van der Waals surface area contributed by atoms with E-state index in [1.54, 1.807) is 22.6 Å². The molecule has 1 aromatic carbocycles. The van der Waals surface area contributed by atoms with Crippen LogP contribution < -0.4 is 0 Å². The minimum absolute atomic E-state index is 0.102. The minimum Gasteiger partial charge on any atom is -0.340 e. The Bertz CT molecular complexity index is 892. The third kappa shape index (κ3) is 3.85. The van der Waals surface area contributed by atoms with Gasteiger partial charge in [0.2, 0.25) is 5.91 Å². The third-order valence-corrected chi connectivity index (χ3v) is 6.41. The number of thioether (sulfide) groups is 1. The van der Waals surface area contributed by atoms with Crippen LogP contribution in [0, 0.1) is 13.8 Å². The van der Waals surface area contributed by atoms with Crippen LogP contribution in [-0.4, -0.2) is 33.1 Å². The highest BCUT2D eigenvalue weighted by Crippen LogP contribution is 2.36. The van der Waals surface area contributed by atoms with Gasteiger partial charge in [0.1, 0.15) is 16.2 Å². The summed E-state index contributed by atoms with van der Waals surface area (Å²) in [5.74, 6) is 0.102. The van der Waals surface area contributed by atoms with Crippen molar-refractivity contribution in [2.75, 3.05) is 7.05 Å². The Morgan fingerprint density at radius 2 is 1.96 bits per heavy atom. The largest absolute Gasteiger partial charge is 0.340 e. The van der Waals surface area contributed by atoms with Crippen molar-refractivity contribution in [2.45, 2.75) is 37.6 Å². The quantitative estimate of drug-likeness (QED) is 0.491. The molecule has 4 nitrogen and oxygen atoms in total. The molecule has 3 rings (SSSR count). The van der Waals surface area contributed by atoms with E-state index in [-0.39, 0.29) is 11.2 Å². The molecular weight excluding hydrogens is 350 g/mol. The molecule has 0 unspecified atom stereocenters. The molecular formula is C19H21N3OS2. The molecule has 2 aromatic heterocycles.